The van der Waals surface area contributed by atoms with Gasteiger partial charge in [-0.05, 0) is 51.6 Å². The van der Waals surface area contributed by atoms with Gasteiger partial charge in [-0.2, -0.15) is 0 Å². The van der Waals surface area contributed by atoms with Crippen LogP contribution in [0.4, 0.5) is 0 Å². The van der Waals surface area contributed by atoms with E-state index in [0.717, 1.165) is 45.2 Å². The van der Waals surface area contributed by atoms with Gasteiger partial charge in [-0.25, -0.2) is 0 Å². The largest absolute Gasteiger partial charge is 0.458 e. The lowest BCUT2D eigenvalue weighted by Gasteiger charge is -2.41. The zero-order valence-corrected chi connectivity index (χ0v) is 14.9. The summed E-state index contributed by atoms with van der Waals surface area (Å²) >= 11 is 0. The Morgan fingerprint density at radius 2 is 1.84 bits per heavy atom. The molecule has 5 heteroatoms. The van der Waals surface area contributed by atoms with Crippen molar-refractivity contribution < 1.29 is 19.1 Å². The molecule has 2 bridgehead atoms. The molecule has 138 valence electrons. The number of rotatable bonds is 3. The van der Waals surface area contributed by atoms with E-state index >= 15 is 0 Å². The molecular formula is C20H29NO4. The van der Waals surface area contributed by atoms with Gasteiger partial charge < -0.3 is 9.47 Å². The van der Waals surface area contributed by atoms with Crippen LogP contribution in [-0.4, -0.2) is 48.2 Å². The van der Waals surface area contributed by atoms with Gasteiger partial charge in [0.25, 0.3) is 0 Å². The predicted octanol–water partition coefficient (Wildman–Crippen LogP) is 2.52. The first-order valence-corrected chi connectivity index (χ1v) is 10.4. The normalized spacial score (nSPS) is 46.2. The number of hydrogen-bond donors (Lipinski definition) is 0. The Balaban J connectivity index is 1.27. The molecule has 0 N–H and O–H groups in total. The standard InChI is InChI=1S/C20H29NO4/c22-19(13-6-2-3-7-16(13)21-8-4-1-5-9-21)24-17-12-10-14-15(11-12)20(23)25-18(14)17/h12-18H,1-11H2. The smallest absolute Gasteiger partial charge is 0.310 e. The monoisotopic (exact) mass is 347 g/mol. The van der Waals surface area contributed by atoms with E-state index in [1.54, 1.807) is 0 Å². The summed E-state index contributed by atoms with van der Waals surface area (Å²) in [4.78, 5) is 27.5. The highest BCUT2D eigenvalue weighted by atomic mass is 16.6. The molecular weight excluding hydrogens is 318 g/mol. The van der Waals surface area contributed by atoms with Gasteiger partial charge in [0.15, 0.2) is 0 Å². The van der Waals surface area contributed by atoms with Crippen LogP contribution in [0, 0.1) is 23.7 Å². The first-order chi connectivity index (χ1) is 12.2. The maximum Gasteiger partial charge on any atom is 0.310 e. The summed E-state index contributed by atoms with van der Waals surface area (Å²) in [6, 6.07) is 0.360. The molecule has 25 heavy (non-hydrogen) atoms. The number of hydrogen-bond acceptors (Lipinski definition) is 5. The number of carbonyl (C=O) groups is 2. The van der Waals surface area contributed by atoms with Crippen LogP contribution in [0.25, 0.3) is 0 Å². The molecule has 2 saturated heterocycles. The molecule has 2 heterocycles. The van der Waals surface area contributed by atoms with Crippen molar-refractivity contribution in [3.8, 4) is 0 Å². The fourth-order valence-corrected chi connectivity index (χ4v) is 6.36. The molecule has 3 aliphatic carbocycles. The second kappa shape index (κ2) is 6.26. The number of esters is 2. The van der Waals surface area contributed by atoms with E-state index < -0.39 is 0 Å². The first kappa shape index (κ1) is 16.1. The summed E-state index contributed by atoms with van der Waals surface area (Å²) in [6.07, 6.45) is 9.78. The Hall–Kier alpha value is -1.10. The van der Waals surface area contributed by atoms with Gasteiger partial charge in [-0.15, -0.1) is 0 Å². The van der Waals surface area contributed by atoms with Crippen molar-refractivity contribution in [2.75, 3.05) is 13.1 Å². The Morgan fingerprint density at radius 1 is 1.04 bits per heavy atom. The van der Waals surface area contributed by atoms with Crippen molar-refractivity contribution in [3.05, 3.63) is 0 Å². The molecule has 5 fully saturated rings. The number of ether oxygens (including phenoxy) is 2. The lowest BCUT2D eigenvalue weighted by Crippen LogP contribution is -2.49. The molecule has 5 nitrogen and oxygen atoms in total. The summed E-state index contributed by atoms with van der Waals surface area (Å²) in [5.41, 5.74) is 0. The maximum atomic E-state index is 13.1. The first-order valence-electron chi connectivity index (χ1n) is 10.4. The summed E-state index contributed by atoms with van der Waals surface area (Å²) in [5, 5.41) is 0. The molecule has 7 unspecified atom stereocenters. The van der Waals surface area contributed by atoms with Crippen molar-refractivity contribution >= 4 is 11.9 Å². The Morgan fingerprint density at radius 3 is 2.68 bits per heavy atom. The van der Waals surface area contributed by atoms with Gasteiger partial charge in [0.1, 0.15) is 12.2 Å². The fraction of sp³-hybridized carbons (Fsp3) is 0.900. The number of carbonyl (C=O) groups excluding carboxylic acids is 2. The van der Waals surface area contributed by atoms with Crippen LogP contribution in [0.1, 0.15) is 57.8 Å². The Labute approximate surface area is 149 Å². The van der Waals surface area contributed by atoms with E-state index in [-0.39, 0.29) is 36.0 Å². The van der Waals surface area contributed by atoms with Crippen LogP contribution in [0.5, 0.6) is 0 Å². The molecule has 0 radical (unpaired) electrons. The highest BCUT2D eigenvalue weighted by Crippen LogP contribution is 2.55. The molecule has 0 amide bonds. The zero-order valence-electron chi connectivity index (χ0n) is 14.9. The number of likely N-dealkylation sites (tertiary alicyclic amines) is 1. The van der Waals surface area contributed by atoms with Crippen molar-refractivity contribution in [1.29, 1.82) is 0 Å². The van der Waals surface area contributed by atoms with Crippen LogP contribution in [-0.2, 0) is 19.1 Å². The minimum absolute atomic E-state index is 0.0129. The molecule has 0 aromatic heterocycles. The number of fused-ring (bicyclic) bond motifs is 1. The summed E-state index contributed by atoms with van der Waals surface area (Å²) in [7, 11) is 0. The highest BCUT2D eigenvalue weighted by Gasteiger charge is 2.63. The minimum atomic E-state index is -0.177. The lowest BCUT2D eigenvalue weighted by atomic mass is 9.82. The van der Waals surface area contributed by atoms with Gasteiger partial charge in [0.2, 0.25) is 0 Å². The Kier molecular flexibility index (Phi) is 4.03. The third-order valence-corrected chi connectivity index (χ3v) is 7.56. The second-order valence-corrected chi connectivity index (χ2v) is 8.86. The third-order valence-electron chi connectivity index (χ3n) is 7.56. The van der Waals surface area contributed by atoms with Gasteiger partial charge in [0.05, 0.1) is 11.8 Å². The Bertz CT molecular complexity index is 558. The van der Waals surface area contributed by atoms with Gasteiger partial charge in [-0.1, -0.05) is 19.3 Å². The summed E-state index contributed by atoms with van der Waals surface area (Å²) < 4.78 is 11.6. The van der Waals surface area contributed by atoms with Gasteiger partial charge >= 0.3 is 11.9 Å². The van der Waals surface area contributed by atoms with Gasteiger partial charge in [-0.3, -0.25) is 14.5 Å². The van der Waals surface area contributed by atoms with E-state index in [0.29, 0.717) is 17.9 Å². The van der Waals surface area contributed by atoms with Crippen LogP contribution in [0.3, 0.4) is 0 Å². The van der Waals surface area contributed by atoms with E-state index in [9.17, 15) is 9.59 Å². The van der Waals surface area contributed by atoms with E-state index in [4.69, 9.17) is 9.47 Å². The topological polar surface area (TPSA) is 55.8 Å². The van der Waals surface area contributed by atoms with E-state index in [1.807, 2.05) is 0 Å². The molecule has 7 atom stereocenters. The van der Waals surface area contributed by atoms with Crippen molar-refractivity contribution in [1.82, 2.24) is 4.90 Å². The zero-order chi connectivity index (χ0) is 17.0. The molecule has 5 rings (SSSR count). The maximum absolute atomic E-state index is 13.1. The lowest BCUT2D eigenvalue weighted by molar-refractivity contribution is -0.169. The summed E-state index contributed by atoms with van der Waals surface area (Å²) in [5.74, 6) is 0.666. The SMILES string of the molecule is O=C1OC2C3CC(CC13)C2OC(=O)C1CCCCC1N1CCCCC1. The van der Waals surface area contributed by atoms with E-state index in [2.05, 4.69) is 4.90 Å². The molecule has 0 spiro atoms. The second-order valence-electron chi connectivity index (χ2n) is 8.86. The van der Waals surface area contributed by atoms with Crippen LogP contribution >= 0.6 is 0 Å². The average molecular weight is 347 g/mol. The number of piperidine rings is 1. The van der Waals surface area contributed by atoms with Crippen molar-refractivity contribution in [2.45, 2.75) is 76.0 Å². The van der Waals surface area contributed by atoms with Crippen LogP contribution < -0.4 is 0 Å². The predicted molar refractivity (Wildman–Crippen MR) is 90.6 cm³/mol. The van der Waals surface area contributed by atoms with Crippen molar-refractivity contribution in [3.63, 3.8) is 0 Å². The van der Waals surface area contributed by atoms with Crippen LogP contribution in [0.15, 0.2) is 0 Å². The molecule has 0 aromatic rings. The minimum Gasteiger partial charge on any atom is -0.458 e. The molecule has 3 saturated carbocycles. The summed E-state index contributed by atoms with van der Waals surface area (Å²) in [6.45, 7) is 2.26. The van der Waals surface area contributed by atoms with E-state index in [1.165, 1.54) is 25.7 Å². The van der Waals surface area contributed by atoms with Crippen LogP contribution in [0.2, 0.25) is 0 Å². The quantitative estimate of drug-likeness (QED) is 0.734. The van der Waals surface area contributed by atoms with Gasteiger partial charge in [0, 0.05) is 17.9 Å². The highest BCUT2D eigenvalue weighted by molar-refractivity contribution is 5.77. The molecule has 0 aromatic carbocycles. The fourth-order valence-electron chi connectivity index (χ4n) is 6.36. The third kappa shape index (κ3) is 2.61. The molecule has 2 aliphatic heterocycles. The molecule has 5 aliphatic rings. The van der Waals surface area contributed by atoms with Crippen molar-refractivity contribution in [2.24, 2.45) is 23.7 Å². The average Bonchev–Trinajstić information content (AvgIpc) is 3.27. The number of nitrogens with zero attached hydrogens (tertiary/aromatic N) is 1.